The first-order valence-electron chi connectivity index (χ1n) is 3.84. The van der Waals surface area contributed by atoms with Crippen molar-refractivity contribution >= 4 is 17.6 Å². The Morgan fingerprint density at radius 1 is 1.36 bits per heavy atom. The molecule has 0 aliphatic rings. The second kappa shape index (κ2) is 4.67. The van der Waals surface area contributed by atoms with E-state index >= 15 is 0 Å². The SMILES string of the molecule is C=C(Oc1ccc(Cl)cc1)C(=O)OC. The summed E-state index contributed by atoms with van der Waals surface area (Å²) in [6.45, 7) is 3.41. The molecule has 0 amide bonds. The molecule has 0 aromatic heterocycles. The number of hydrogen-bond acceptors (Lipinski definition) is 3. The van der Waals surface area contributed by atoms with Crippen LogP contribution in [0, 0.1) is 0 Å². The van der Waals surface area contributed by atoms with Gasteiger partial charge in [0.05, 0.1) is 7.11 Å². The largest absolute Gasteiger partial charge is 0.463 e. The Kier molecular flexibility index (Phi) is 3.54. The van der Waals surface area contributed by atoms with Crippen molar-refractivity contribution in [2.24, 2.45) is 0 Å². The molecule has 0 spiro atoms. The highest BCUT2D eigenvalue weighted by Gasteiger charge is 2.08. The Hall–Kier alpha value is -1.48. The monoisotopic (exact) mass is 212 g/mol. The zero-order valence-electron chi connectivity index (χ0n) is 7.62. The first-order valence-corrected chi connectivity index (χ1v) is 4.22. The fraction of sp³-hybridized carbons (Fsp3) is 0.100. The van der Waals surface area contributed by atoms with Crippen molar-refractivity contribution in [3.8, 4) is 5.75 Å². The Morgan fingerprint density at radius 3 is 2.43 bits per heavy atom. The normalized spacial score (nSPS) is 9.29. The van der Waals surface area contributed by atoms with Crippen LogP contribution in [-0.2, 0) is 9.53 Å². The third-order valence-corrected chi connectivity index (χ3v) is 1.72. The fourth-order valence-electron chi connectivity index (χ4n) is 0.800. The standard InChI is InChI=1S/C10H9ClO3/c1-7(10(12)13-2)14-9-5-3-8(11)4-6-9/h3-6H,1H2,2H3. The van der Waals surface area contributed by atoms with E-state index in [2.05, 4.69) is 11.3 Å². The van der Waals surface area contributed by atoms with E-state index in [1.165, 1.54) is 7.11 Å². The van der Waals surface area contributed by atoms with E-state index < -0.39 is 5.97 Å². The topological polar surface area (TPSA) is 35.5 Å². The van der Waals surface area contributed by atoms with Crippen LogP contribution in [0.3, 0.4) is 0 Å². The number of methoxy groups -OCH3 is 1. The average molecular weight is 213 g/mol. The van der Waals surface area contributed by atoms with Crippen LogP contribution in [0.1, 0.15) is 0 Å². The molecule has 0 atom stereocenters. The minimum atomic E-state index is -0.597. The molecule has 74 valence electrons. The molecule has 0 unspecified atom stereocenters. The van der Waals surface area contributed by atoms with Crippen LogP contribution >= 0.6 is 11.6 Å². The molecule has 4 heteroatoms. The molecule has 14 heavy (non-hydrogen) atoms. The quantitative estimate of drug-likeness (QED) is 0.439. The van der Waals surface area contributed by atoms with Crippen molar-refractivity contribution in [2.45, 2.75) is 0 Å². The van der Waals surface area contributed by atoms with Gasteiger partial charge in [-0.3, -0.25) is 0 Å². The predicted octanol–water partition coefficient (Wildman–Crippen LogP) is 2.41. The van der Waals surface area contributed by atoms with E-state index in [4.69, 9.17) is 16.3 Å². The van der Waals surface area contributed by atoms with Crippen LogP contribution in [-0.4, -0.2) is 13.1 Å². The molecule has 1 aromatic rings. The highest BCUT2D eigenvalue weighted by atomic mass is 35.5. The molecule has 3 nitrogen and oxygen atoms in total. The third kappa shape index (κ3) is 2.78. The minimum Gasteiger partial charge on any atom is -0.463 e. The summed E-state index contributed by atoms with van der Waals surface area (Å²) in [5.41, 5.74) is 0. The molecule has 0 saturated carbocycles. The van der Waals surface area contributed by atoms with E-state index in [1.54, 1.807) is 24.3 Å². The van der Waals surface area contributed by atoms with E-state index in [9.17, 15) is 4.79 Å². The van der Waals surface area contributed by atoms with Gasteiger partial charge in [-0.1, -0.05) is 11.6 Å². The first-order chi connectivity index (χ1) is 6.63. The number of rotatable bonds is 3. The summed E-state index contributed by atoms with van der Waals surface area (Å²) in [5.74, 6) is -0.167. The maximum atomic E-state index is 10.9. The number of ether oxygens (including phenoxy) is 2. The summed E-state index contributed by atoms with van der Waals surface area (Å²) in [6, 6.07) is 6.58. The Balaban J connectivity index is 2.65. The van der Waals surface area contributed by atoms with Gasteiger partial charge >= 0.3 is 5.97 Å². The summed E-state index contributed by atoms with van der Waals surface area (Å²) >= 11 is 5.67. The van der Waals surface area contributed by atoms with Gasteiger partial charge in [0.25, 0.3) is 0 Å². The Bertz CT molecular complexity index is 343. The molecule has 0 fully saturated rings. The molecule has 0 heterocycles. The van der Waals surface area contributed by atoms with Crippen LogP contribution < -0.4 is 4.74 Å². The number of halogens is 1. The molecule has 0 bridgehead atoms. The van der Waals surface area contributed by atoms with Crippen molar-refractivity contribution in [3.05, 3.63) is 41.6 Å². The van der Waals surface area contributed by atoms with E-state index in [0.717, 1.165) is 0 Å². The molecule has 0 aliphatic heterocycles. The molecule has 1 rings (SSSR count). The number of benzene rings is 1. The third-order valence-electron chi connectivity index (χ3n) is 1.47. The van der Waals surface area contributed by atoms with Crippen molar-refractivity contribution in [1.82, 2.24) is 0 Å². The van der Waals surface area contributed by atoms with Gasteiger partial charge in [0.2, 0.25) is 5.76 Å². The van der Waals surface area contributed by atoms with Crippen molar-refractivity contribution in [2.75, 3.05) is 7.11 Å². The highest BCUT2D eigenvalue weighted by molar-refractivity contribution is 6.30. The van der Waals surface area contributed by atoms with Gasteiger partial charge in [0.15, 0.2) is 0 Å². The van der Waals surface area contributed by atoms with Crippen LogP contribution in [0.5, 0.6) is 5.75 Å². The van der Waals surface area contributed by atoms with Gasteiger partial charge < -0.3 is 9.47 Å². The second-order valence-corrected chi connectivity index (χ2v) is 2.91. The van der Waals surface area contributed by atoms with Crippen molar-refractivity contribution in [3.63, 3.8) is 0 Å². The van der Waals surface area contributed by atoms with Crippen LogP contribution in [0.25, 0.3) is 0 Å². The first kappa shape index (κ1) is 10.6. The van der Waals surface area contributed by atoms with Gasteiger partial charge in [-0.2, -0.15) is 0 Å². The summed E-state index contributed by atoms with van der Waals surface area (Å²) in [7, 11) is 1.26. The Labute approximate surface area is 86.9 Å². The van der Waals surface area contributed by atoms with Crippen LogP contribution in [0.2, 0.25) is 5.02 Å². The molecular weight excluding hydrogens is 204 g/mol. The van der Waals surface area contributed by atoms with Gasteiger partial charge in [-0.15, -0.1) is 0 Å². The highest BCUT2D eigenvalue weighted by Crippen LogP contribution is 2.17. The molecule has 0 N–H and O–H groups in total. The minimum absolute atomic E-state index is 0.0603. The van der Waals surface area contributed by atoms with E-state index in [0.29, 0.717) is 10.8 Å². The molecule has 0 radical (unpaired) electrons. The zero-order valence-corrected chi connectivity index (χ0v) is 8.38. The lowest BCUT2D eigenvalue weighted by Gasteiger charge is -2.05. The maximum Gasteiger partial charge on any atom is 0.373 e. The number of hydrogen-bond donors (Lipinski definition) is 0. The van der Waals surface area contributed by atoms with Gasteiger partial charge in [0, 0.05) is 5.02 Å². The lowest BCUT2D eigenvalue weighted by molar-refractivity contribution is -0.138. The van der Waals surface area contributed by atoms with Crippen molar-refractivity contribution in [1.29, 1.82) is 0 Å². The summed E-state index contributed by atoms with van der Waals surface area (Å²) in [4.78, 5) is 10.9. The number of esters is 1. The van der Waals surface area contributed by atoms with Crippen LogP contribution in [0.4, 0.5) is 0 Å². The van der Waals surface area contributed by atoms with Crippen molar-refractivity contribution < 1.29 is 14.3 Å². The lowest BCUT2D eigenvalue weighted by Crippen LogP contribution is -2.09. The smallest absolute Gasteiger partial charge is 0.373 e. The number of carbonyl (C=O) groups excluding carboxylic acids is 1. The number of carbonyl (C=O) groups is 1. The van der Waals surface area contributed by atoms with Gasteiger partial charge in [0.1, 0.15) is 5.75 Å². The zero-order chi connectivity index (χ0) is 10.6. The molecular formula is C10H9ClO3. The lowest BCUT2D eigenvalue weighted by atomic mass is 10.3. The van der Waals surface area contributed by atoms with E-state index in [1.807, 2.05) is 0 Å². The molecule has 1 aromatic carbocycles. The molecule has 0 aliphatic carbocycles. The Morgan fingerprint density at radius 2 is 1.93 bits per heavy atom. The van der Waals surface area contributed by atoms with Gasteiger partial charge in [-0.25, -0.2) is 4.79 Å². The maximum absolute atomic E-state index is 10.9. The van der Waals surface area contributed by atoms with Crippen LogP contribution in [0.15, 0.2) is 36.6 Å². The second-order valence-electron chi connectivity index (χ2n) is 2.47. The summed E-state index contributed by atoms with van der Waals surface area (Å²) < 4.78 is 9.51. The molecule has 0 saturated heterocycles. The summed E-state index contributed by atoms with van der Waals surface area (Å²) in [5, 5.41) is 0.598. The van der Waals surface area contributed by atoms with E-state index in [-0.39, 0.29) is 5.76 Å². The van der Waals surface area contributed by atoms with Gasteiger partial charge in [-0.05, 0) is 30.8 Å². The summed E-state index contributed by atoms with van der Waals surface area (Å²) in [6.07, 6.45) is 0. The fourth-order valence-corrected chi connectivity index (χ4v) is 0.926. The average Bonchev–Trinajstić information content (AvgIpc) is 2.20. The predicted molar refractivity (Wildman–Crippen MR) is 53.2 cm³/mol.